The van der Waals surface area contributed by atoms with Gasteiger partial charge in [0.15, 0.2) is 0 Å². The van der Waals surface area contributed by atoms with Crippen LogP contribution in [0, 0.1) is 5.92 Å². The van der Waals surface area contributed by atoms with E-state index in [4.69, 9.17) is 0 Å². The summed E-state index contributed by atoms with van der Waals surface area (Å²) in [5.41, 5.74) is 2.59. The molecule has 1 aliphatic rings. The largest absolute Gasteiger partial charge is 0.349 e. The number of piperidine rings is 1. The molecule has 6 nitrogen and oxygen atoms in total. The summed E-state index contributed by atoms with van der Waals surface area (Å²) >= 11 is 0. The molecule has 0 atom stereocenters. The smallest absolute Gasteiger partial charge is 0.254 e. The lowest BCUT2D eigenvalue weighted by atomic mass is 9.95. The van der Waals surface area contributed by atoms with Gasteiger partial charge >= 0.3 is 0 Å². The van der Waals surface area contributed by atoms with Crippen LogP contribution in [0.25, 0.3) is 21.8 Å². The minimum Gasteiger partial charge on any atom is -0.349 e. The Morgan fingerprint density at radius 1 is 0.968 bits per heavy atom. The molecule has 1 aromatic heterocycles. The Morgan fingerprint density at radius 2 is 1.71 bits per heavy atom. The van der Waals surface area contributed by atoms with Crippen molar-refractivity contribution < 1.29 is 9.59 Å². The number of hydrogen-bond acceptors (Lipinski definition) is 3. The number of rotatable bonds is 4. The summed E-state index contributed by atoms with van der Waals surface area (Å²) in [4.78, 5) is 35.3. The predicted molar refractivity (Wildman–Crippen MR) is 121 cm³/mol. The van der Waals surface area contributed by atoms with Crippen molar-refractivity contribution >= 4 is 33.6 Å². The van der Waals surface area contributed by atoms with E-state index in [0.717, 1.165) is 33.2 Å². The highest BCUT2D eigenvalue weighted by Crippen LogP contribution is 2.24. The van der Waals surface area contributed by atoms with E-state index in [1.807, 2.05) is 71.6 Å². The molecule has 0 spiro atoms. The number of benzene rings is 3. The average Bonchev–Trinajstić information content (AvgIpc) is 3.25. The molecule has 3 aromatic carbocycles. The molecule has 2 heterocycles. The van der Waals surface area contributed by atoms with Crippen molar-refractivity contribution in [3.63, 3.8) is 0 Å². The van der Waals surface area contributed by atoms with Crippen LogP contribution in [0.3, 0.4) is 0 Å². The zero-order valence-electron chi connectivity index (χ0n) is 17.2. The third-order valence-corrected chi connectivity index (χ3v) is 6.04. The van der Waals surface area contributed by atoms with Crippen molar-refractivity contribution in [3.05, 3.63) is 78.1 Å². The average molecular weight is 412 g/mol. The Morgan fingerprint density at radius 3 is 2.55 bits per heavy atom. The number of nitrogens with one attached hydrogen (secondary N) is 2. The fourth-order valence-electron chi connectivity index (χ4n) is 4.33. The van der Waals surface area contributed by atoms with Gasteiger partial charge in [-0.25, -0.2) is 4.98 Å². The van der Waals surface area contributed by atoms with Gasteiger partial charge in [0.25, 0.3) is 5.91 Å². The number of aromatic amines is 1. The number of aromatic nitrogens is 2. The molecular formula is C25H24N4O2. The lowest BCUT2D eigenvalue weighted by molar-refractivity contribution is -0.126. The normalized spacial score (nSPS) is 14.8. The maximum absolute atomic E-state index is 13.1. The molecule has 0 unspecified atom stereocenters. The molecule has 5 rings (SSSR count). The van der Waals surface area contributed by atoms with Gasteiger partial charge in [-0.3, -0.25) is 9.59 Å². The van der Waals surface area contributed by atoms with Crippen LogP contribution in [0.4, 0.5) is 0 Å². The number of amides is 2. The second-order valence-corrected chi connectivity index (χ2v) is 8.01. The third-order valence-electron chi connectivity index (χ3n) is 6.04. The first-order valence-electron chi connectivity index (χ1n) is 10.7. The number of carbonyl (C=O) groups is 2. The van der Waals surface area contributed by atoms with Crippen LogP contribution in [0.2, 0.25) is 0 Å². The number of fused-ring (bicyclic) bond motifs is 2. The minimum atomic E-state index is -0.0825. The summed E-state index contributed by atoms with van der Waals surface area (Å²) in [7, 11) is 0. The zero-order valence-corrected chi connectivity index (χ0v) is 17.2. The number of likely N-dealkylation sites (tertiary alicyclic amines) is 1. The molecule has 2 amide bonds. The van der Waals surface area contributed by atoms with Crippen molar-refractivity contribution in [1.29, 1.82) is 0 Å². The van der Waals surface area contributed by atoms with E-state index >= 15 is 0 Å². The monoisotopic (exact) mass is 412 g/mol. The second-order valence-electron chi connectivity index (χ2n) is 8.01. The first-order valence-corrected chi connectivity index (χ1v) is 10.7. The molecule has 6 heteroatoms. The van der Waals surface area contributed by atoms with Crippen LogP contribution < -0.4 is 5.32 Å². The Labute approximate surface area is 180 Å². The quantitative estimate of drug-likeness (QED) is 0.534. The molecule has 0 saturated carbocycles. The fourth-order valence-corrected chi connectivity index (χ4v) is 4.33. The topological polar surface area (TPSA) is 78.1 Å². The molecular weight excluding hydrogens is 388 g/mol. The van der Waals surface area contributed by atoms with Gasteiger partial charge in [0.1, 0.15) is 5.82 Å². The molecule has 2 N–H and O–H groups in total. The van der Waals surface area contributed by atoms with Gasteiger partial charge in [-0.05, 0) is 41.8 Å². The highest BCUT2D eigenvalue weighted by molar-refractivity contribution is 6.07. The summed E-state index contributed by atoms with van der Waals surface area (Å²) in [6, 6.07) is 21.6. The van der Waals surface area contributed by atoms with Gasteiger partial charge in [-0.2, -0.15) is 0 Å². The maximum atomic E-state index is 13.1. The Balaban J connectivity index is 1.18. The van der Waals surface area contributed by atoms with Gasteiger partial charge in [0, 0.05) is 24.6 Å². The van der Waals surface area contributed by atoms with Gasteiger partial charge in [-0.15, -0.1) is 0 Å². The number of hydrogen-bond donors (Lipinski definition) is 2. The standard InChI is InChI=1S/C25H24N4O2/c30-24(26-16-23-27-21-10-3-4-11-22(21)28-23)18-12-14-29(15-13-18)25(31)20-9-5-7-17-6-1-2-8-19(17)20/h1-11,18H,12-16H2,(H,26,30)(H,27,28). The number of para-hydroxylation sites is 2. The van der Waals surface area contributed by atoms with E-state index in [-0.39, 0.29) is 17.7 Å². The number of imidazole rings is 1. The van der Waals surface area contributed by atoms with E-state index in [1.165, 1.54) is 0 Å². The van der Waals surface area contributed by atoms with Gasteiger partial charge < -0.3 is 15.2 Å². The van der Waals surface area contributed by atoms with Crippen LogP contribution in [-0.2, 0) is 11.3 Å². The van der Waals surface area contributed by atoms with Crippen LogP contribution in [0.1, 0.15) is 29.0 Å². The van der Waals surface area contributed by atoms with Gasteiger partial charge in [0.05, 0.1) is 17.6 Å². The minimum absolute atomic E-state index is 0.0257. The predicted octanol–water partition coefficient (Wildman–Crippen LogP) is 3.88. The lowest BCUT2D eigenvalue weighted by Gasteiger charge is -2.31. The van der Waals surface area contributed by atoms with Gasteiger partial charge in [0.2, 0.25) is 5.91 Å². The molecule has 156 valence electrons. The molecule has 0 aliphatic carbocycles. The number of nitrogens with zero attached hydrogens (tertiary/aromatic N) is 2. The molecule has 1 aliphatic heterocycles. The van der Waals surface area contributed by atoms with Crippen molar-refractivity contribution in [1.82, 2.24) is 20.2 Å². The van der Waals surface area contributed by atoms with Crippen molar-refractivity contribution in [3.8, 4) is 0 Å². The van der Waals surface area contributed by atoms with Crippen molar-refractivity contribution in [2.24, 2.45) is 5.92 Å². The van der Waals surface area contributed by atoms with Crippen LogP contribution in [0.15, 0.2) is 66.7 Å². The third kappa shape index (κ3) is 3.89. The SMILES string of the molecule is O=C(NCc1nc2ccccc2[nH]1)C1CCN(C(=O)c2cccc3ccccc23)CC1. The highest BCUT2D eigenvalue weighted by atomic mass is 16.2. The molecule has 1 saturated heterocycles. The summed E-state index contributed by atoms with van der Waals surface area (Å²) in [5, 5.41) is 5.03. The van der Waals surface area contributed by atoms with Crippen molar-refractivity contribution in [2.45, 2.75) is 19.4 Å². The molecule has 0 radical (unpaired) electrons. The summed E-state index contributed by atoms with van der Waals surface area (Å²) in [5.74, 6) is 0.731. The Kier molecular flexibility index (Phi) is 5.12. The first-order chi connectivity index (χ1) is 15.2. The number of carbonyl (C=O) groups excluding carboxylic acids is 2. The first kappa shape index (κ1) is 19.3. The van der Waals surface area contributed by atoms with E-state index < -0.39 is 0 Å². The van der Waals surface area contributed by atoms with E-state index in [9.17, 15) is 9.59 Å². The summed E-state index contributed by atoms with van der Waals surface area (Å²) < 4.78 is 0. The van der Waals surface area contributed by atoms with Gasteiger partial charge in [-0.1, -0.05) is 48.5 Å². The van der Waals surface area contributed by atoms with Crippen LogP contribution >= 0.6 is 0 Å². The van der Waals surface area contributed by atoms with Crippen LogP contribution in [0.5, 0.6) is 0 Å². The van der Waals surface area contributed by atoms with Crippen LogP contribution in [-0.4, -0.2) is 39.8 Å². The molecule has 1 fully saturated rings. The van der Waals surface area contributed by atoms with Crippen molar-refractivity contribution in [2.75, 3.05) is 13.1 Å². The Hall–Kier alpha value is -3.67. The highest BCUT2D eigenvalue weighted by Gasteiger charge is 2.28. The summed E-state index contributed by atoms with van der Waals surface area (Å²) in [6.45, 7) is 1.55. The fraction of sp³-hybridized carbons (Fsp3) is 0.240. The molecule has 31 heavy (non-hydrogen) atoms. The maximum Gasteiger partial charge on any atom is 0.254 e. The van der Waals surface area contributed by atoms with E-state index in [1.54, 1.807) is 0 Å². The zero-order chi connectivity index (χ0) is 21.2. The lowest BCUT2D eigenvalue weighted by Crippen LogP contribution is -2.43. The molecule has 0 bridgehead atoms. The van der Waals surface area contributed by atoms with E-state index in [2.05, 4.69) is 15.3 Å². The van der Waals surface area contributed by atoms with E-state index in [0.29, 0.717) is 32.5 Å². The number of H-pyrrole nitrogens is 1. The summed E-state index contributed by atoms with van der Waals surface area (Å²) in [6.07, 6.45) is 1.34. The Bertz CT molecular complexity index is 1220. The second kappa shape index (κ2) is 8.22. The molecule has 4 aromatic rings.